The molecule has 0 unspecified atom stereocenters. The summed E-state index contributed by atoms with van der Waals surface area (Å²) in [5.74, 6) is 1.88. The van der Waals surface area contributed by atoms with Crippen molar-refractivity contribution in [2.45, 2.75) is 13.5 Å². The van der Waals surface area contributed by atoms with Gasteiger partial charge in [0.15, 0.2) is 0 Å². The van der Waals surface area contributed by atoms with Gasteiger partial charge in [-0.25, -0.2) is 0 Å². The third kappa shape index (κ3) is 5.65. The topological polar surface area (TPSA) is 56.8 Å². The SMILES string of the molecule is CCOc1ccc(C(=O)Nc2ccc(OC)cc2)cc1COc1ccc(Cl)cc1. The van der Waals surface area contributed by atoms with Gasteiger partial charge < -0.3 is 19.5 Å². The molecule has 0 spiro atoms. The summed E-state index contributed by atoms with van der Waals surface area (Å²) >= 11 is 5.91. The third-order valence-electron chi connectivity index (χ3n) is 4.18. The lowest BCUT2D eigenvalue weighted by molar-refractivity contribution is 0.102. The smallest absolute Gasteiger partial charge is 0.255 e. The van der Waals surface area contributed by atoms with Crippen LogP contribution in [0.25, 0.3) is 0 Å². The molecule has 0 bridgehead atoms. The van der Waals surface area contributed by atoms with Crippen molar-refractivity contribution >= 4 is 23.2 Å². The first-order valence-corrected chi connectivity index (χ1v) is 9.56. The van der Waals surface area contributed by atoms with E-state index in [0.717, 1.165) is 11.3 Å². The molecule has 3 rings (SSSR count). The molecule has 3 aromatic carbocycles. The van der Waals surface area contributed by atoms with Crippen LogP contribution in [0.4, 0.5) is 5.69 Å². The zero-order valence-corrected chi connectivity index (χ0v) is 17.0. The molecular weight excluding hydrogens is 390 g/mol. The monoisotopic (exact) mass is 411 g/mol. The van der Waals surface area contributed by atoms with Crippen molar-refractivity contribution in [2.75, 3.05) is 19.0 Å². The van der Waals surface area contributed by atoms with Crippen LogP contribution < -0.4 is 19.5 Å². The maximum atomic E-state index is 12.7. The Kier molecular flexibility index (Phi) is 6.98. The van der Waals surface area contributed by atoms with Gasteiger partial charge in [0.05, 0.1) is 13.7 Å². The van der Waals surface area contributed by atoms with Crippen molar-refractivity contribution in [1.29, 1.82) is 0 Å². The summed E-state index contributed by atoms with van der Waals surface area (Å²) < 4.78 is 16.6. The molecule has 29 heavy (non-hydrogen) atoms. The van der Waals surface area contributed by atoms with Gasteiger partial charge in [-0.2, -0.15) is 0 Å². The Morgan fingerprint density at radius 1 is 0.931 bits per heavy atom. The Bertz CT molecular complexity index is 956. The predicted octanol–water partition coefficient (Wildman–Crippen LogP) is 5.58. The summed E-state index contributed by atoms with van der Waals surface area (Å²) in [6, 6.07) is 19.6. The largest absolute Gasteiger partial charge is 0.497 e. The maximum Gasteiger partial charge on any atom is 0.255 e. The molecule has 0 aliphatic carbocycles. The van der Waals surface area contributed by atoms with Gasteiger partial charge in [0, 0.05) is 21.8 Å². The average Bonchev–Trinajstić information content (AvgIpc) is 2.75. The predicted molar refractivity (Wildman–Crippen MR) is 114 cm³/mol. The number of benzene rings is 3. The van der Waals surface area contributed by atoms with Crippen molar-refractivity contribution in [3.8, 4) is 17.2 Å². The molecule has 3 aromatic rings. The number of nitrogens with one attached hydrogen (secondary N) is 1. The summed E-state index contributed by atoms with van der Waals surface area (Å²) in [4.78, 5) is 12.7. The minimum absolute atomic E-state index is 0.217. The van der Waals surface area contributed by atoms with Gasteiger partial charge in [0.25, 0.3) is 5.91 Å². The number of rotatable bonds is 8. The summed E-state index contributed by atoms with van der Waals surface area (Å²) in [6.07, 6.45) is 0. The number of carbonyl (C=O) groups is 1. The lowest BCUT2D eigenvalue weighted by Gasteiger charge is -2.14. The first-order valence-electron chi connectivity index (χ1n) is 9.18. The number of carbonyl (C=O) groups excluding carboxylic acids is 1. The average molecular weight is 412 g/mol. The first-order chi connectivity index (χ1) is 14.1. The van der Waals surface area contributed by atoms with E-state index in [2.05, 4.69) is 5.32 Å². The van der Waals surface area contributed by atoms with Crippen molar-refractivity contribution < 1.29 is 19.0 Å². The zero-order valence-electron chi connectivity index (χ0n) is 16.3. The molecule has 0 fully saturated rings. The molecular formula is C23H22ClNO4. The molecule has 0 aliphatic heterocycles. The highest BCUT2D eigenvalue weighted by atomic mass is 35.5. The molecule has 6 heteroatoms. The fourth-order valence-corrected chi connectivity index (χ4v) is 2.83. The second kappa shape index (κ2) is 9.85. The molecule has 0 aromatic heterocycles. The van der Waals surface area contributed by atoms with E-state index in [-0.39, 0.29) is 12.5 Å². The highest BCUT2D eigenvalue weighted by molar-refractivity contribution is 6.30. The van der Waals surface area contributed by atoms with E-state index in [9.17, 15) is 4.79 Å². The van der Waals surface area contributed by atoms with Crippen molar-refractivity contribution in [3.05, 3.63) is 82.9 Å². The highest BCUT2D eigenvalue weighted by Crippen LogP contribution is 2.24. The van der Waals surface area contributed by atoms with Gasteiger partial charge in [-0.3, -0.25) is 4.79 Å². The van der Waals surface area contributed by atoms with Crippen molar-refractivity contribution in [3.63, 3.8) is 0 Å². The molecule has 0 atom stereocenters. The minimum Gasteiger partial charge on any atom is -0.497 e. The highest BCUT2D eigenvalue weighted by Gasteiger charge is 2.12. The Balaban J connectivity index is 1.75. The molecule has 1 N–H and O–H groups in total. The number of anilines is 1. The summed E-state index contributed by atoms with van der Waals surface area (Å²) in [5.41, 5.74) is 1.98. The number of methoxy groups -OCH3 is 1. The number of ether oxygens (including phenoxy) is 3. The normalized spacial score (nSPS) is 10.3. The maximum absolute atomic E-state index is 12.7. The van der Waals surface area contributed by atoms with E-state index < -0.39 is 0 Å². The van der Waals surface area contributed by atoms with Gasteiger partial charge in [0.2, 0.25) is 0 Å². The van der Waals surface area contributed by atoms with Crippen LogP contribution in [0.1, 0.15) is 22.8 Å². The van der Waals surface area contributed by atoms with E-state index in [0.29, 0.717) is 34.4 Å². The number of amides is 1. The summed E-state index contributed by atoms with van der Waals surface area (Å²) in [7, 11) is 1.60. The van der Waals surface area contributed by atoms with Crippen molar-refractivity contribution in [2.24, 2.45) is 0 Å². The zero-order chi connectivity index (χ0) is 20.6. The Morgan fingerprint density at radius 2 is 1.62 bits per heavy atom. The minimum atomic E-state index is -0.217. The van der Waals surface area contributed by atoms with Gasteiger partial charge in [0.1, 0.15) is 23.9 Å². The van der Waals surface area contributed by atoms with Crippen molar-refractivity contribution in [1.82, 2.24) is 0 Å². The second-order valence-corrected chi connectivity index (χ2v) is 6.62. The molecule has 1 amide bonds. The van der Waals surface area contributed by atoms with Crippen LogP contribution >= 0.6 is 11.6 Å². The van der Waals surface area contributed by atoms with Crippen LogP contribution in [0.5, 0.6) is 17.2 Å². The fraction of sp³-hybridized carbons (Fsp3) is 0.174. The van der Waals surface area contributed by atoms with Crippen LogP contribution in [-0.2, 0) is 6.61 Å². The van der Waals surface area contributed by atoms with Gasteiger partial charge in [-0.1, -0.05) is 11.6 Å². The molecule has 0 saturated carbocycles. The molecule has 0 heterocycles. The standard InChI is InChI=1S/C23H22ClNO4/c1-3-28-22-13-4-16(23(26)25-19-7-11-20(27-2)12-8-19)14-17(22)15-29-21-9-5-18(24)6-10-21/h4-14H,3,15H2,1-2H3,(H,25,26). The van der Waals surface area contributed by atoms with Crippen LogP contribution in [0.3, 0.4) is 0 Å². The third-order valence-corrected chi connectivity index (χ3v) is 4.43. The van der Waals surface area contributed by atoms with E-state index >= 15 is 0 Å². The Morgan fingerprint density at radius 3 is 2.28 bits per heavy atom. The Hall–Kier alpha value is -3.18. The van der Waals surface area contributed by atoms with Crippen LogP contribution in [0, 0.1) is 0 Å². The van der Waals surface area contributed by atoms with E-state index in [1.807, 2.05) is 6.92 Å². The summed E-state index contributed by atoms with van der Waals surface area (Å²) in [6.45, 7) is 2.69. The van der Waals surface area contributed by atoms with E-state index in [4.69, 9.17) is 25.8 Å². The second-order valence-electron chi connectivity index (χ2n) is 6.18. The van der Waals surface area contributed by atoms with Crippen LogP contribution in [0.2, 0.25) is 5.02 Å². The van der Waals surface area contributed by atoms with Gasteiger partial charge in [-0.15, -0.1) is 0 Å². The number of halogens is 1. The van der Waals surface area contributed by atoms with Gasteiger partial charge in [-0.05, 0) is 73.7 Å². The first kappa shape index (κ1) is 20.6. The van der Waals surface area contributed by atoms with E-state index in [1.165, 1.54) is 0 Å². The molecule has 0 radical (unpaired) electrons. The van der Waals surface area contributed by atoms with Crippen LogP contribution in [0.15, 0.2) is 66.7 Å². The van der Waals surface area contributed by atoms with E-state index in [1.54, 1.807) is 73.8 Å². The summed E-state index contributed by atoms with van der Waals surface area (Å²) in [5, 5.41) is 3.52. The number of hydrogen-bond donors (Lipinski definition) is 1. The molecule has 150 valence electrons. The lowest BCUT2D eigenvalue weighted by Crippen LogP contribution is -2.13. The molecule has 5 nitrogen and oxygen atoms in total. The fourth-order valence-electron chi connectivity index (χ4n) is 2.70. The van der Waals surface area contributed by atoms with Crippen LogP contribution in [-0.4, -0.2) is 19.6 Å². The number of hydrogen-bond acceptors (Lipinski definition) is 4. The Labute approximate surface area is 175 Å². The van der Waals surface area contributed by atoms with Gasteiger partial charge >= 0.3 is 0 Å². The quantitative estimate of drug-likeness (QED) is 0.525. The lowest BCUT2D eigenvalue weighted by atomic mass is 10.1. The molecule has 0 saturated heterocycles. The molecule has 0 aliphatic rings.